The summed E-state index contributed by atoms with van der Waals surface area (Å²) in [6.45, 7) is 3.05. The van der Waals surface area contributed by atoms with Crippen LogP contribution in [0.1, 0.15) is 29.4 Å². The standard InChI is InChI=1S/C17H19FN2O3S2/c1-12-4-3-7-20(10-12)25(22,23)15-9-16(24-11-15)17(21)19-14-6-2-5-13(18)8-14/h2,5-6,8-9,11-12H,3-4,7,10H2,1H3,(H,19,21)/t12-/m1/s1. The van der Waals surface area contributed by atoms with E-state index in [0.717, 1.165) is 24.2 Å². The van der Waals surface area contributed by atoms with Gasteiger partial charge in [-0.3, -0.25) is 4.79 Å². The smallest absolute Gasteiger partial charge is 0.265 e. The minimum absolute atomic E-state index is 0.135. The summed E-state index contributed by atoms with van der Waals surface area (Å²) in [5, 5.41) is 4.05. The summed E-state index contributed by atoms with van der Waals surface area (Å²) in [6.07, 6.45) is 1.87. The van der Waals surface area contributed by atoms with E-state index in [4.69, 9.17) is 0 Å². The van der Waals surface area contributed by atoms with Gasteiger partial charge in [0.25, 0.3) is 5.91 Å². The second kappa shape index (κ2) is 7.23. The van der Waals surface area contributed by atoms with Gasteiger partial charge in [-0.15, -0.1) is 11.3 Å². The number of anilines is 1. The van der Waals surface area contributed by atoms with Crippen molar-refractivity contribution in [2.45, 2.75) is 24.7 Å². The van der Waals surface area contributed by atoms with Gasteiger partial charge in [-0.1, -0.05) is 13.0 Å². The van der Waals surface area contributed by atoms with Crippen LogP contribution in [0.4, 0.5) is 10.1 Å². The first-order valence-electron chi connectivity index (χ1n) is 8.02. The average molecular weight is 382 g/mol. The van der Waals surface area contributed by atoms with Crippen molar-refractivity contribution in [2.75, 3.05) is 18.4 Å². The molecule has 2 heterocycles. The van der Waals surface area contributed by atoms with Crippen LogP contribution in [-0.4, -0.2) is 31.7 Å². The molecule has 8 heteroatoms. The van der Waals surface area contributed by atoms with E-state index >= 15 is 0 Å². The Kier molecular flexibility index (Phi) is 5.21. The lowest BCUT2D eigenvalue weighted by Gasteiger charge is -2.29. The molecule has 1 aromatic carbocycles. The van der Waals surface area contributed by atoms with E-state index < -0.39 is 21.7 Å². The van der Waals surface area contributed by atoms with Gasteiger partial charge in [-0.05, 0) is 43.0 Å². The van der Waals surface area contributed by atoms with Crippen LogP contribution < -0.4 is 5.32 Å². The Balaban J connectivity index is 1.76. The minimum atomic E-state index is -3.58. The van der Waals surface area contributed by atoms with Gasteiger partial charge in [0.1, 0.15) is 5.82 Å². The van der Waals surface area contributed by atoms with Crippen molar-refractivity contribution in [3.63, 3.8) is 0 Å². The van der Waals surface area contributed by atoms with E-state index in [2.05, 4.69) is 5.32 Å². The number of piperidine rings is 1. The highest BCUT2D eigenvalue weighted by atomic mass is 32.2. The van der Waals surface area contributed by atoms with Crippen LogP contribution in [0.15, 0.2) is 40.6 Å². The van der Waals surface area contributed by atoms with E-state index in [1.54, 1.807) is 6.07 Å². The van der Waals surface area contributed by atoms with Crippen LogP contribution in [0, 0.1) is 11.7 Å². The number of halogens is 1. The van der Waals surface area contributed by atoms with Crippen molar-refractivity contribution in [1.82, 2.24) is 4.31 Å². The van der Waals surface area contributed by atoms with Crippen molar-refractivity contribution in [2.24, 2.45) is 5.92 Å². The molecule has 1 aromatic heterocycles. The number of benzene rings is 1. The summed E-state index contributed by atoms with van der Waals surface area (Å²) in [5.41, 5.74) is 0.327. The summed E-state index contributed by atoms with van der Waals surface area (Å²) in [7, 11) is -3.58. The average Bonchev–Trinajstić information content (AvgIpc) is 3.06. The molecular formula is C17H19FN2O3S2. The summed E-state index contributed by atoms with van der Waals surface area (Å²) < 4.78 is 40.1. The predicted octanol–water partition coefficient (Wildman–Crippen LogP) is 3.56. The van der Waals surface area contributed by atoms with Crippen LogP contribution in [0.3, 0.4) is 0 Å². The number of hydrogen-bond donors (Lipinski definition) is 1. The highest BCUT2D eigenvalue weighted by molar-refractivity contribution is 7.89. The molecule has 134 valence electrons. The number of nitrogens with zero attached hydrogens (tertiary/aromatic N) is 1. The lowest BCUT2D eigenvalue weighted by atomic mass is 10.0. The largest absolute Gasteiger partial charge is 0.321 e. The minimum Gasteiger partial charge on any atom is -0.321 e. The first kappa shape index (κ1) is 18.0. The van der Waals surface area contributed by atoms with E-state index in [-0.39, 0.29) is 9.77 Å². The lowest BCUT2D eigenvalue weighted by Crippen LogP contribution is -2.38. The second-order valence-electron chi connectivity index (χ2n) is 6.22. The summed E-state index contributed by atoms with van der Waals surface area (Å²) in [4.78, 5) is 12.7. The summed E-state index contributed by atoms with van der Waals surface area (Å²) in [5.74, 6) is -0.576. The maximum absolute atomic E-state index is 13.2. The van der Waals surface area contributed by atoms with Gasteiger partial charge in [0.2, 0.25) is 10.0 Å². The summed E-state index contributed by atoms with van der Waals surface area (Å²) in [6, 6.07) is 6.94. The first-order chi connectivity index (χ1) is 11.9. The fraction of sp³-hybridized carbons (Fsp3) is 0.353. The molecular weight excluding hydrogens is 363 g/mol. The van der Waals surface area contributed by atoms with Crippen molar-refractivity contribution in [1.29, 1.82) is 0 Å². The molecule has 1 amide bonds. The third-order valence-electron chi connectivity index (χ3n) is 4.14. The quantitative estimate of drug-likeness (QED) is 0.879. The Morgan fingerprint density at radius 2 is 2.16 bits per heavy atom. The Labute approximate surface area is 150 Å². The van der Waals surface area contributed by atoms with Crippen LogP contribution in [-0.2, 0) is 10.0 Å². The van der Waals surface area contributed by atoms with E-state index in [1.807, 2.05) is 6.92 Å². The molecule has 1 saturated heterocycles. The normalized spacial score (nSPS) is 18.9. The third kappa shape index (κ3) is 4.08. The molecule has 0 unspecified atom stereocenters. The van der Waals surface area contributed by atoms with E-state index in [0.29, 0.717) is 24.7 Å². The molecule has 1 aliphatic rings. The molecule has 1 atom stereocenters. The van der Waals surface area contributed by atoms with Gasteiger partial charge in [0.05, 0.1) is 9.77 Å². The van der Waals surface area contributed by atoms with E-state index in [1.165, 1.54) is 34.0 Å². The SMILES string of the molecule is C[C@@H]1CCCN(S(=O)(=O)c2csc(C(=O)Nc3cccc(F)c3)c2)C1. The zero-order valence-electron chi connectivity index (χ0n) is 13.7. The lowest BCUT2D eigenvalue weighted by molar-refractivity contribution is 0.103. The number of rotatable bonds is 4. The number of hydrogen-bond acceptors (Lipinski definition) is 4. The van der Waals surface area contributed by atoms with Crippen LogP contribution in [0.2, 0.25) is 0 Å². The Morgan fingerprint density at radius 1 is 1.36 bits per heavy atom. The fourth-order valence-corrected chi connectivity index (χ4v) is 5.60. The Hall–Kier alpha value is -1.77. The third-order valence-corrected chi connectivity index (χ3v) is 7.06. The molecule has 2 aromatic rings. The number of amides is 1. The summed E-state index contributed by atoms with van der Waals surface area (Å²) >= 11 is 1.06. The molecule has 3 rings (SSSR count). The van der Waals surface area contributed by atoms with Crippen molar-refractivity contribution in [3.05, 3.63) is 46.4 Å². The zero-order chi connectivity index (χ0) is 18.0. The van der Waals surface area contributed by atoms with Gasteiger partial charge in [0.15, 0.2) is 0 Å². The maximum atomic E-state index is 13.2. The molecule has 0 radical (unpaired) electrons. The Morgan fingerprint density at radius 3 is 2.88 bits per heavy atom. The molecule has 0 saturated carbocycles. The molecule has 1 fully saturated rings. The van der Waals surface area contributed by atoms with Gasteiger partial charge in [0, 0.05) is 24.2 Å². The van der Waals surface area contributed by atoms with Crippen LogP contribution in [0.25, 0.3) is 0 Å². The first-order valence-corrected chi connectivity index (χ1v) is 10.3. The molecule has 5 nitrogen and oxygen atoms in total. The molecule has 1 N–H and O–H groups in total. The van der Waals surface area contributed by atoms with Crippen LogP contribution >= 0.6 is 11.3 Å². The number of thiophene rings is 1. The van der Waals surface area contributed by atoms with Gasteiger partial charge in [-0.25, -0.2) is 12.8 Å². The monoisotopic (exact) mass is 382 g/mol. The topological polar surface area (TPSA) is 66.5 Å². The van der Waals surface area contributed by atoms with Gasteiger partial charge >= 0.3 is 0 Å². The molecule has 0 aliphatic carbocycles. The highest BCUT2D eigenvalue weighted by Crippen LogP contribution is 2.27. The van der Waals surface area contributed by atoms with Crippen molar-refractivity contribution < 1.29 is 17.6 Å². The molecule has 0 spiro atoms. The number of nitrogens with one attached hydrogen (secondary N) is 1. The van der Waals surface area contributed by atoms with E-state index in [9.17, 15) is 17.6 Å². The van der Waals surface area contributed by atoms with Crippen LogP contribution in [0.5, 0.6) is 0 Å². The maximum Gasteiger partial charge on any atom is 0.265 e. The molecule has 0 bridgehead atoms. The van der Waals surface area contributed by atoms with Gasteiger partial charge < -0.3 is 5.32 Å². The molecule has 1 aliphatic heterocycles. The number of carbonyl (C=O) groups is 1. The zero-order valence-corrected chi connectivity index (χ0v) is 15.4. The second-order valence-corrected chi connectivity index (χ2v) is 9.07. The van der Waals surface area contributed by atoms with Crippen molar-refractivity contribution >= 4 is 33.0 Å². The fourth-order valence-electron chi connectivity index (χ4n) is 2.85. The number of carbonyl (C=O) groups excluding carboxylic acids is 1. The number of sulfonamides is 1. The molecule has 25 heavy (non-hydrogen) atoms. The Bertz CT molecular complexity index is 880. The van der Waals surface area contributed by atoms with Gasteiger partial charge in [-0.2, -0.15) is 4.31 Å². The highest BCUT2D eigenvalue weighted by Gasteiger charge is 2.30. The predicted molar refractivity (Wildman–Crippen MR) is 95.8 cm³/mol. The van der Waals surface area contributed by atoms with Crippen molar-refractivity contribution in [3.8, 4) is 0 Å².